The largest absolute Gasteiger partial charge is 0.370 e. The van der Waals surface area contributed by atoms with E-state index >= 15 is 0 Å². The molecule has 4 aromatic carbocycles. The van der Waals surface area contributed by atoms with Gasteiger partial charge in [-0.25, -0.2) is 4.98 Å². The van der Waals surface area contributed by atoms with Gasteiger partial charge in [0.1, 0.15) is 11.4 Å². The van der Waals surface area contributed by atoms with Crippen LogP contribution in [0.5, 0.6) is 0 Å². The van der Waals surface area contributed by atoms with Gasteiger partial charge in [-0.1, -0.05) is 48.5 Å². The molecule has 0 aliphatic heterocycles. The number of aromatic nitrogens is 3. The molecule has 13 heteroatoms. The molecule has 0 saturated carbocycles. The number of rotatable bonds is 10. The highest BCUT2D eigenvalue weighted by Crippen LogP contribution is 2.36. The van der Waals surface area contributed by atoms with Crippen molar-refractivity contribution in [2.24, 2.45) is 23.5 Å². The number of H-pyrrole nitrogens is 1. The van der Waals surface area contributed by atoms with E-state index in [1.165, 1.54) is 12.1 Å². The molecule has 4 amide bonds. The highest BCUT2D eigenvalue weighted by Gasteiger charge is 2.19. The lowest BCUT2D eigenvalue weighted by Crippen LogP contribution is -2.29. The molecule has 0 saturated heterocycles. The number of aromatic amines is 1. The first-order valence-electron chi connectivity index (χ1n) is 14.6. The Kier molecular flexibility index (Phi) is 8.04. The SMILES string of the molecule is Cn1cc(NC(=O)c2ccc3ccc4cccc5ccc2c3c45)nc1C(=O)NCCCCNC(=O)c1ccc(C(=O)N=C(N)N)[nH]1. The molecule has 0 radical (unpaired) electrons. The van der Waals surface area contributed by atoms with Crippen molar-refractivity contribution in [1.82, 2.24) is 25.2 Å². The number of imidazole rings is 1. The van der Waals surface area contributed by atoms with Crippen molar-refractivity contribution in [1.29, 1.82) is 0 Å². The standard InChI is InChI=1S/C33H31N9O4/c1-42-17-25(40-29(43)22-12-10-20-8-7-18-5-4-6-19-9-11-21(22)27(20)26(18)19)39-28(42)32(46)37-16-3-2-15-36-30(44)23-13-14-24(38-23)31(45)41-33(34)35/h4-14,17,38H,2-3,15-16H2,1H3,(H,36,44)(H,37,46)(H,40,43)(H4,34,35,41,45). The van der Waals surface area contributed by atoms with Crippen molar-refractivity contribution < 1.29 is 19.2 Å². The van der Waals surface area contributed by atoms with E-state index in [-0.39, 0.29) is 40.8 Å². The average molecular weight is 618 g/mol. The summed E-state index contributed by atoms with van der Waals surface area (Å²) in [5.74, 6) is -1.74. The number of hydrogen-bond acceptors (Lipinski definition) is 5. The van der Waals surface area contributed by atoms with Gasteiger partial charge < -0.3 is 37.0 Å². The summed E-state index contributed by atoms with van der Waals surface area (Å²) < 4.78 is 1.55. The smallest absolute Gasteiger partial charge is 0.296 e. The molecule has 13 nitrogen and oxygen atoms in total. The molecule has 8 N–H and O–H groups in total. The number of amides is 4. The van der Waals surface area contributed by atoms with Gasteiger partial charge in [0, 0.05) is 31.9 Å². The first kappa shape index (κ1) is 29.8. The Labute approximate surface area is 262 Å². The van der Waals surface area contributed by atoms with Crippen molar-refractivity contribution in [3.63, 3.8) is 0 Å². The Hall–Kier alpha value is -6.24. The van der Waals surface area contributed by atoms with E-state index in [2.05, 4.69) is 55.2 Å². The monoisotopic (exact) mass is 617 g/mol. The van der Waals surface area contributed by atoms with Gasteiger partial charge in [0.25, 0.3) is 23.6 Å². The van der Waals surface area contributed by atoms with E-state index in [0.717, 1.165) is 32.3 Å². The molecular formula is C33H31N9O4. The van der Waals surface area contributed by atoms with E-state index in [1.807, 2.05) is 30.3 Å². The first-order chi connectivity index (χ1) is 22.2. The molecule has 6 aromatic rings. The molecule has 0 aliphatic rings. The molecule has 6 rings (SSSR count). The maximum Gasteiger partial charge on any atom is 0.296 e. The Balaban J connectivity index is 1.01. The number of nitrogens with zero attached hydrogens (tertiary/aromatic N) is 3. The van der Waals surface area contributed by atoms with Gasteiger partial charge in [0.15, 0.2) is 11.8 Å². The van der Waals surface area contributed by atoms with Gasteiger partial charge in [-0.2, -0.15) is 4.99 Å². The number of nitrogens with two attached hydrogens (primary N) is 2. The summed E-state index contributed by atoms with van der Waals surface area (Å²) in [6, 6.07) is 20.9. The lowest BCUT2D eigenvalue weighted by molar-refractivity contribution is 0.0929. The van der Waals surface area contributed by atoms with Crippen LogP contribution in [-0.4, -0.2) is 57.2 Å². The van der Waals surface area contributed by atoms with Gasteiger partial charge in [0.05, 0.1) is 0 Å². The third-order valence-electron chi connectivity index (χ3n) is 7.66. The van der Waals surface area contributed by atoms with E-state index in [9.17, 15) is 19.2 Å². The lowest BCUT2D eigenvalue weighted by atomic mass is 9.92. The summed E-state index contributed by atoms with van der Waals surface area (Å²) in [5, 5.41) is 14.7. The number of nitrogens with one attached hydrogen (secondary N) is 4. The van der Waals surface area contributed by atoms with Crippen LogP contribution in [0.3, 0.4) is 0 Å². The molecule has 2 aromatic heterocycles. The fourth-order valence-corrected chi connectivity index (χ4v) is 5.51. The van der Waals surface area contributed by atoms with Crippen LogP contribution < -0.4 is 27.4 Å². The summed E-state index contributed by atoms with van der Waals surface area (Å²) >= 11 is 0. The van der Waals surface area contributed by atoms with Crippen LogP contribution in [0.4, 0.5) is 5.82 Å². The van der Waals surface area contributed by atoms with Crippen LogP contribution in [-0.2, 0) is 7.05 Å². The van der Waals surface area contributed by atoms with Gasteiger partial charge in [-0.05, 0) is 63.4 Å². The number of benzene rings is 4. The zero-order valence-corrected chi connectivity index (χ0v) is 24.9. The second kappa shape index (κ2) is 12.4. The van der Waals surface area contributed by atoms with Crippen LogP contribution >= 0.6 is 0 Å². The quantitative estimate of drug-likeness (QED) is 0.0586. The van der Waals surface area contributed by atoms with Crippen LogP contribution in [0.1, 0.15) is 54.8 Å². The van der Waals surface area contributed by atoms with Gasteiger partial charge in [-0.3, -0.25) is 19.2 Å². The number of guanidine groups is 1. The van der Waals surface area contributed by atoms with E-state index in [4.69, 9.17) is 11.5 Å². The van der Waals surface area contributed by atoms with Gasteiger partial charge in [-0.15, -0.1) is 0 Å². The molecule has 0 aliphatic carbocycles. The molecular weight excluding hydrogens is 586 g/mol. The van der Waals surface area contributed by atoms with Crippen LogP contribution in [0, 0.1) is 0 Å². The maximum absolute atomic E-state index is 13.4. The third-order valence-corrected chi connectivity index (χ3v) is 7.66. The van der Waals surface area contributed by atoms with Crippen molar-refractivity contribution in [2.45, 2.75) is 12.8 Å². The zero-order chi connectivity index (χ0) is 32.4. The van der Waals surface area contributed by atoms with E-state index < -0.39 is 11.8 Å². The summed E-state index contributed by atoms with van der Waals surface area (Å²) in [6.07, 6.45) is 2.77. The van der Waals surface area contributed by atoms with Gasteiger partial charge in [0.2, 0.25) is 5.82 Å². The Morgan fingerprint density at radius 1 is 0.783 bits per heavy atom. The minimum absolute atomic E-state index is 0.0886. The second-order valence-corrected chi connectivity index (χ2v) is 10.8. The number of anilines is 1. The first-order valence-corrected chi connectivity index (χ1v) is 14.6. The average Bonchev–Trinajstić information content (AvgIpc) is 3.68. The minimum Gasteiger partial charge on any atom is -0.370 e. The molecule has 0 spiro atoms. The van der Waals surface area contributed by atoms with E-state index in [0.29, 0.717) is 31.5 Å². The zero-order valence-electron chi connectivity index (χ0n) is 24.9. The fourth-order valence-electron chi connectivity index (χ4n) is 5.51. The van der Waals surface area contributed by atoms with Crippen molar-refractivity contribution in [3.8, 4) is 0 Å². The predicted molar refractivity (Wildman–Crippen MR) is 176 cm³/mol. The maximum atomic E-state index is 13.4. The molecule has 46 heavy (non-hydrogen) atoms. The van der Waals surface area contributed by atoms with Crippen LogP contribution in [0.15, 0.2) is 77.9 Å². The highest BCUT2D eigenvalue weighted by molar-refractivity contribution is 6.27. The number of aryl methyl sites for hydroxylation is 1. The Morgan fingerprint density at radius 2 is 1.41 bits per heavy atom. The van der Waals surface area contributed by atoms with E-state index in [1.54, 1.807) is 17.8 Å². The number of carbonyl (C=O) groups excluding carboxylic acids is 4. The molecule has 0 unspecified atom stereocenters. The minimum atomic E-state index is -0.680. The van der Waals surface area contributed by atoms with Gasteiger partial charge >= 0.3 is 0 Å². The number of hydrogen-bond donors (Lipinski definition) is 6. The molecule has 0 atom stereocenters. The Bertz CT molecular complexity index is 2140. The van der Waals surface area contributed by atoms with Crippen molar-refractivity contribution in [3.05, 3.63) is 95.7 Å². The normalized spacial score (nSPS) is 11.2. The summed E-state index contributed by atoms with van der Waals surface area (Å²) in [5.41, 5.74) is 11.2. The Morgan fingerprint density at radius 3 is 2.13 bits per heavy atom. The second-order valence-electron chi connectivity index (χ2n) is 10.8. The third kappa shape index (κ3) is 5.93. The van der Waals surface area contributed by atoms with Crippen molar-refractivity contribution >= 4 is 67.7 Å². The highest BCUT2D eigenvalue weighted by atomic mass is 16.2. The predicted octanol–water partition coefficient (Wildman–Crippen LogP) is 3.25. The lowest BCUT2D eigenvalue weighted by Gasteiger charge is -2.13. The summed E-state index contributed by atoms with van der Waals surface area (Å²) in [4.78, 5) is 60.8. The molecule has 0 bridgehead atoms. The summed E-state index contributed by atoms with van der Waals surface area (Å²) in [7, 11) is 1.68. The van der Waals surface area contributed by atoms with Crippen LogP contribution in [0.25, 0.3) is 32.3 Å². The fraction of sp³-hybridized carbons (Fsp3) is 0.152. The van der Waals surface area contributed by atoms with Crippen LogP contribution in [0.2, 0.25) is 0 Å². The number of unbranched alkanes of at least 4 members (excludes halogenated alkanes) is 1. The molecule has 2 heterocycles. The topological polar surface area (TPSA) is 202 Å². The molecule has 232 valence electrons. The summed E-state index contributed by atoms with van der Waals surface area (Å²) in [6.45, 7) is 0.707. The van der Waals surface area contributed by atoms with Crippen molar-refractivity contribution in [2.75, 3.05) is 18.4 Å². The number of aliphatic imine (C=N–C) groups is 1. The number of carbonyl (C=O) groups is 4. The molecule has 0 fully saturated rings.